The number of nitro benzene ring substituents is 1. The number of nitrogens with zero attached hydrogens (tertiary/aromatic N) is 9. The first-order valence-corrected chi connectivity index (χ1v) is 7.86. The molecule has 0 unspecified atom stereocenters. The number of benzene rings is 1. The van der Waals surface area contributed by atoms with E-state index in [2.05, 4.69) is 50.7 Å². The molecule has 0 atom stereocenters. The van der Waals surface area contributed by atoms with Gasteiger partial charge in [0.05, 0.1) is 16.7 Å². The van der Waals surface area contributed by atoms with Crippen LogP contribution in [0.25, 0.3) is 0 Å². The molecule has 17 heteroatoms. The van der Waals surface area contributed by atoms with Crippen LogP contribution in [0.4, 0.5) is 29.0 Å². The van der Waals surface area contributed by atoms with Crippen LogP contribution in [-0.4, -0.2) is 44.2 Å². The van der Waals surface area contributed by atoms with Gasteiger partial charge in [-0.3, -0.25) is 14.9 Å². The first-order chi connectivity index (χ1) is 14.5. The second-order valence-corrected chi connectivity index (χ2v) is 5.30. The number of carbonyl (C=O) groups excluding carboxylic acids is 1. The predicted octanol–water partition coefficient (Wildman–Crippen LogP) is 0.181. The molecule has 5 N–H and O–H groups in total. The molecule has 30 heavy (non-hydrogen) atoms. The summed E-state index contributed by atoms with van der Waals surface area (Å²) in [6, 6.07) is 5.86. The highest BCUT2D eigenvalue weighted by molar-refractivity contribution is 5.87. The highest BCUT2D eigenvalue weighted by Gasteiger charge is 2.19. The molecular formula is C13H12N12O5. The van der Waals surface area contributed by atoms with Crippen LogP contribution >= 0.6 is 0 Å². The molecule has 17 nitrogen and oxygen atoms in total. The van der Waals surface area contributed by atoms with Crippen LogP contribution < -0.4 is 21.9 Å². The van der Waals surface area contributed by atoms with Crippen molar-refractivity contribution >= 4 is 41.1 Å². The lowest BCUT2D eigenvalue weighted by Gasteiger charge is -2.12. The summed E-state index contributed by atoms with van der Waals surface area (Å²) in [6.45, 7) is -0.485. The molecular weight excluding hydrogens is 404 g/mol. The zero-order chi connectivity index (χ0) is 21.5. The lowest BCUT2D eigenvalue weighted by Crippen LogP contribution is -2.32. The average molecular weight is 416 g/mol. The van der Waals surface area contributed by atoms with Gasteiger partial charge in [-0.25, -0.2) is 19.7 Å². The van der Waals surface area contributed by atoms with Gasteiger partial charge >= 0.3 is 0 Å². The van der Waals surface area contributed by atoms with E-state index < -0.39 is 17.4 Å². The largest absolute Gasteiger partial charge is 0.378 e. The van der Waals surface area contributed by atoms with Crippen LogP contribution in [0, 0.1) is 10.1 Å². The van der Waals surface area contributed by atoms with E-state index in [9.17, 15) is 14.9 Å². The molecule has 0 aliphatic heterocycles. The van der Waals surface area contributed by atoms with Gasteiger partial charge in [-0.05, 0) is 26.7 Å². The van der Waals surface area contributed by atoms with Gasteiger partial charge in [-0.2, -0.15) is 5.10 Å². The summed E-state index contributed by atoms with van der Waals surface area (Å²) in [5, 5.41) is 36.7. The summed E-state index contributed by atoms with van der Waals surface area (Å²) in [6.07, 6.45) is 1.12. The molecule has 1 aromatic carbocycles. The quantitative estimate of drug-likeness (QED) is 0.193. The maximum absolute atomic E-state index is 12.2. The molecule has 0 spiro atoms. The molecule has 0 radical (unpaired) electrons. The monoisotopic (exact) mass is 416 g/mol. The minimum Gasteiger partial charge on any atom is -0.378 e. The fraction of sp³-hybridized carbons (Fsp3) is 0.0769. The highest BCUT2D eigenvalue weighted by atomic mass is 16.6. The molecule has 2 heterocycles. The topological polar surface area (TPSA) is 242 Å². The van der Waals surface area contributed by atoms with Crippen LogP contribution in [0.2, 0.25) is 0 Å². The van der Waals surface area contributed by atoms with Crippen molar-refractivity contribution in [3.05, 3.63) is 39.9 Å². The van der Waals surface area contributed by atoms with Gasteiger partial charge in [0.1, 0.15) is 6.54 Å². The van der Waals surface area contributed by atoms with E-state index >= 15 is 0 Å². The van der Waals surface area contributed by atoms with E-state index in [1.807, 2.05) is 0 Å². The molecule has 154 valence electrons. The highest BCUT2D eigenvalue weighted by Crippen LogP contribution is 2.21. The Balaban J connectivity index is 1.71. The minimum atomic E-state index is -0.697. The van der Waals surface area contributed by atoms with Crippen molar-refractivity contribution in [2.75, 3.05) is 23.0 Å². The Morgan fingerprint density at radius 2 is 1.93 bits per heavy atom. The third-order valence-corrected chi connectivity index (χ3v) is 3.30. The van der Waals surface area contributed by atoms with Crippen molar-refractivity contribution in [2.24, 2.45) is 15.4 Å². The van der Waals surface area contributed by atoms with E-state index in [0.717, 1.165) is 11.2 Å². The fourth-order valence-electron chi connectivity index (χ4n) is 1.98. The number of rotatable bonds is 8. The standard InChI is InChI=1S/C13H12N12O5/c14-10-12(21-29-19-10)18-23-24(13-11(15)20-30-22-13)6-9(26)17-16-5-7-3-1-2-4-8(7)25(27)28/h1-5H,6H2,(H2,14,19)(H2,15,20)(H,17,26)/b16-5+,23-18?. The van der Waals surface area contributed by atoms with E-state index in [1.54, 1.807) is 6.07 Å². The number of aromatic nitrogens is 4. The van der Waals surface area contributed by atoms with Crippen molar-refractivity contribution < 1.29 is 19.0 Å². The third kappa shape index (κ3) is 4.65. The normalized spacial score (nSPS) is 11.2. The van der Waals surface area contributed by atoms with Crippen molar-refractivity contribution in [2.45, 2.75) is 0 Å². The van der Waals surface area contributed by atoms with Crippen LogP contribution in [0.3, 0.4) is 0 Å². The van der Waals surface area contributed by atoms with Gasteiger partial charge in [0.15, 0.2) is 0 Å². The number of anilines is 3. The summed E-state index contributed by atoms with van der Waals surface area (Å²) in [7, 11) is 0. The van der Waals surface area contributed by atoms with E-state index in [4.69, 9.17) is 11.5 Å². The molecule has 0 saturated carbocycles. The van der Waals surface area contributed by atoms with E-state index in [0.29, 0.717) is 0 Å². The molecule has 0 aliphatic carbocycles. The van der Waals surface area contributed by atoms with Crippen LogP contribution in [0.1, 0.15) is 5.56 Å². The van der Waals surface area contributed by atoms with Gasteiger partial charge in [0.25, 0.3) is 17.4 Å². The smallest absolute Gasteiger partial charge is 0.278 e. The Morgan fingerprint density at radius 1 is 1.20 bits per heavy atom. The number of nitro groups is 1. The number of hydrogen-bond acceptors (Lipinski definition) is 14. The van der Waals surface area contributed by atoms with Crippen LogP contribution in [-0.2, 0) is 4.79 Å². The Morgan fingerprint density at radius 3 is 2.60 bits per heavy atom. The summed E-state index contributed by atoms with van der Waals surface area (Å²) in [5.74, 6) is -1.27. The maximum atomic E-state index is 12.2. The number of para-hydroxylation sites is 1. The minimum absolute atomic E-state index is 0.119. The number of hydrazone groups is 1. The Kier molecular flexibility index (Phi) is 5.82. The van der Waals surface area contributed by atoms with Crippen LogP contribution in [0.15, 0.2) is 49.0 Å². The van der Waals surface area contributed by atoms with E-state index in [-0.39, 0.29) is 34.5 Å². The van der Waals surface area contributed by atoms with E-state index in [1.165, 1.54) is 18.2 Å². The Bertz CT molecular complexity index is 1110. The molecule has 0 bridgehead atoms. The van der Waals surface area contributed by atoms with Crippen molar-refractivity contribution in [1.82, 2.24) is 26.1 Å². The van der Waals surface area contributed by atoms with Gasteiger partial charge < -0.3 is 11.5 Å². The summed E-state index contributed by atoms with van der Waals surface area (Å²) in [4.78, 5) is 22.6. The number of nitrogens with one attached hydrogen (secondary N) is 1. The zero-order valence-electron chi connectivity index (χ0n) is 14.8. The molecule has 0 saturated heterocycles. The zero-order valence-corrected chi connectivity index (χ0v) is 14.8. The second kappa shape index (κ2) is 8.82. The van der Waals surface area contributed by atoms with Gasteiger partial charge in [-0.15, -0.1) is 5.11 Å². The number of hydrogen-bond donors (Lipinski definition) is 3. The molecule has 2 aromatic heterocycles. The number of carbonyl (C=O) groups is 1. The lowest BCUT2D eigenvalue weighted by molar-refractivity contribution is -0.385. The van der Waals surface area contributed by atoms with Crippen LogP contribution in [0.5, 0.6) is 0 Å². The Labute approximate surface area is 165 Å². The van der Waals surface area contributed by atoms with Crippen molar-refractivity contribution in [1.29, 1.82) is 0 Å². The molecule has 1 amide bonds. The van der Waals surface area contributed by atoms with Gasteiger partial charge in [0.2, 0.25) is 17.5 Å². The summed E-state index contributed by atoms with van der Waals surface area (Å²) < 4.78 is 8.86. The average Bonchev–Trinajstić information content (AvgIpc) is 3.33. The fourth-order valence-corrected chi connectivity index (χ4v) is 1.98. The summed E-state index contributed by atoms with van der Waals surface area (Å²) >= 11 is 0. The number of nitrogens with two attached hydrogens (primary N) is 2. The second-order valence-electron chi connectivity index (χ2n) is 5.30. The molecule has 3 aromatic rings. The predicted molar refractivity (Wildman–Crippen MR) is 98.1 cm³/mol. The van der Waals surface area contributed by atoms with Crippen molar-refractivity contribution in [3.8, 4) is 0 Å². The first-order valence-electron chi connectivity index (χ1n) is 7.86. The lowest BCUT2D eigenvalue weighted by atomic mass is 10.2. The third-order valence-electron chi connectivity index (χ3n) is 3.30. The summed E-state index contributed by atoms with van der Waals surface area (Å²) in [5.41, 5.74) is 13.3. The first kappa shape index (κ1) is 19.8. The SMILES string of the molecule is Nc1nonc1N=NN(CC(=O)N/N=C/c1ccccc1[N+](=O)[O-])c1nonc1N. The molecule has 3 rings (SSSR count). The molecule has 0 aliphatic rings. The number of amides is 1. The Hall–Kier alpha value is -4.96. The number of nitrogen functional groups attached to an aromatic ring is 2. The molecule has 0 fully saturated rings. The maximum Gasteiger partial charge on any atom is 0.278 e. The van der Waals surface area contributed by atoms with Gasteiger partial charge in [0, 0.05) is 6.07 Å². The van der Waals surface area contributed by atoms with Crippen molar-refractivity contribution in [3.63, 3.8) is 0 Å². The van der Waals surface area contributed by atoms with Gasteiger partial charge in [-0.1, -0.05) is 17.4 Å².